The topological polar surface area (TPSA) is 38.7 Å². The molecule has 0 saturated heterocycles. The molecular formula is C7H8O3S. The minimum atomic E-state index is 0.304. The number of rotatable bonds is 3. The van der Waals surface area contributed by atoms with E-state index in [2.05, 4.69) is 0 Å². The smallest absolute Gasteiger partial charge is 0.222 e. The molecule has 60 valence electrons. The van der Waals surface area contributed by atoms with Crippen LogP contribution >= 0.6 is 12.3 Å². The molecule has 0 aliphatic rings. The van der Waals surface area contributed by atoms with Crippen molar-refractivity contribution in [2.75, 3.05) is 7.11 Å². The predicted molar refractivity (Wildman–Crippen MR) is 43.8 cm³/mol. The van der Waals surface area contributed by atoms with Gasteiger partial charge in [0.15, 0.2) is 11.5 Å². The van der Waals surface area contributed by atoms with Gasteiger partial charge in [-0.1, -0.05) is 12.1 Å². The van der Waals surface area contributed by atoms with Crippen LogP contribution in [0.3, 0.4) is 0 Å². The van der Waals surface area contributed by atoms with Crippen LogP contribution in [0.2, 0.25) is 0 Å². The summed E-state index contributed by atoms with van der Waals surface area (Å²) >= 11 is 0.304. The lowest BCUT2D eigenvalue weighted by Gasteiger charge is -2.04. The lowest BCUT2D eigenvalue weighted by molar-refractivity contribution is 0.396. The Morgan fingerprint density at radius 2 is 1.91 bits per heavy atom. The van der Waals surface area contributed by atoms with Gasteiger partial charge in [-0.2, -0.15) is 0 Å². The maximum absolute atomic E-state index is 8.38. The molecule has 0 spiro atoms. The van der Waals surface area contributed by atoms with Gasteiger partial charge in [-0.3, -0.25) is 4.55 Å². The van der Waals surface area contributed by atoms with E-state index in [0.29, 0.717) is 23.8 Å². The minimum absolute atomic E-state index is 0.304. The highest BCUT2D eigenvalue weighted by molar-refractivity contribution is 7.89. The third kappa shape index (κ3) is 2.03. The van der Waals surface area contributed by atoms with Crippen molar-refractivity contribution in [3.8, 4) is 11.5 Å². The van der Waals surface area contributed by atoms with Crippen molar-refractivity contribution >= 4 is 12.3 Å². The van der Waals surface area contributed by atoms with E-state index < -0.39 is 0 Å². The Labute approximate surface area is 69.4 Å². The second kappa shape index (κ2) is 4.10. The lowest BCUT2D eigenvalue weighted by Crippen LogP contribution is -1.86. The molecule has 0 bridgehead atoms. The first kappa shape index (κ1) is 8.23. The molecule has 0 heterocycles. The summed E-state index contributed by atoms with van der Waals surface area (Å²) in [6.45, 7) is 0. The molecule has 0 fully saturated rings. The van der Waals surface area contributed by atoms with Crippen LogP contribution in [0.5, 0.6) is 11.5 Å². The number of benzene rings is 1. The first-order valence-electron chi connectivity index (χ1n) is 2.99. The fraction of sp³-hybridized carbons (Fsp3) is 0.143. The zero-order valence-electron chi connectivity index (χ0n) is 5.98. The lowest BCUT2D eigenvalue weighted by atomic mass is 10.3. The average Bonchev–Trinajstić information content (AvgIpc) is 2.06. The number of hydrogen-bond donors (Lipinski definition) is 1. The second-order valence-corrected chi connectivity index (χ2v) is 2.12. The van der Waals surface area contributed by atoms with E-state index in [-0.39, 0.29) is 0 Å². The second-order valence-electron chi connectivity index (χ2n) is 1.81. The van der Waals surface area contributed by atoms with Crippen molar-refractivity contribution in [1.82, 2.24) is 0 Å². The molecule has 1 rings (SSSR count). The Hall–Kier alpha value is -0.870. The first-order valence-corrected chi connectivity index (χ1v) is 3.69. The highest BCUT2D eigenvalue weighted by Gasteiger charge is 2.00. The summed E-state index contributed by atoms with van der Waals surface area (Å²) in [7, 11) is 1.55. The largest absolute Gasteiger partial charge is 0.493 e. The molecule has 0 saturated carbocycles. The van der Waals surface area contributed by atoms with E-state index in [9.17, 15) is 0 Å². The highest BCUT2D eigenvalue weighted by Crippen LogP contribution is 2.27. The van der Waals surface area contributed by atoms with Crippen molar-refractivity contribution in [3.05, 3.63) is 24.3 Å². The van der Waals surface area contributed by atoms with Gasteiger partial charge in [0.05, 0.1) is 7.11 Å². The van der Waals surface area contributed by atoms with Crippen molar-refractivity contribution in [2.45, 2.75) is 0 Å². The molecule has 0 radical (unpaired) electrons. The molecule has 0 aliphatic heterocycles. The van der Waals surface area contributed by atoms with Gasteiger partial charge in [0, 0.05) is 0 Å². The van der Waals surface area contributed by atoms with E-state index in [1.54, 1.807) is 25.3 Å². The van der Waals surface area contributed by atoms with Crippen molar-refractivity contribution in [1.29, 1.82) is 0 Å². The summed E-state index contributed by atoms with van der Waals surface area (Å²) < 4.78 is 18.1. The third-order valence-electron chi connectivity index (χ3n) is 1.20. The molecule has 1 N–H and O–H groups in total. The number of para-hydroxylation sites is 2. The summed E-state index contributed by atoms with van der Waals surface area (Å²) in [6, 6.07) is 7.09. The van der Waals surface area contributed by atoms with Crippen molar-refractivity contribution in [2.24, 2.45) is 0 Å². The number of ether oxygens (including phenoxy) is 1. The van der Waals surface area contributed by atoms with Gasteiger partial charge in [0.25, 0.3) is 0 Å². The fourth-order valence-electron chi connectivity index (χ4n) is 0.728. The molecule has 0 aliphatic carbocycles. The SMILES string of the molecule is COc1ccccc1OSO. The molecule has 0 amide bonds. The minimum Gasteiger partial charge on any atom is -0.493 e. The number of hydrogen-bond acceptors (Lipinski definition) is 4. The molecule has 1 aromatic rings. The molecule has 0 unspecified atom stereocenters. The standard InChI is InChI=1S/C7H8O3S/c1-9-6-4-2-3-5-7(6)10-11-8/h2-5,8H,1H3. The normalized spacial score (nSPS) is 9.27. The summed E-state index contributed by atoms with van der Waals surface area (Å²) in [6.07, 6.45) is 0. The average molecular weight is 172 g/mol. The van der Waals surface area contributed by atoms with Crippen LogP contribution in [0, 0.1) is 0 Å². The molecule has 4 heteroatoms. The van der Waals surface area contributed by atoms with Gasteiger partial charge >= 0.3 is 0 Å². The Balaban J connectivity index is 2.83. The van der Waals surface area contributed by atoms with E-state index in [1.807, 2.05) is 6.07 Å². The Morgan fingerprint density at radius 3 is 2.45 bits per heavy atom. The molecule has 3 nitrogen and oxygen atoms in total. The van der Waals surface area contributed by atoms with Crippen molar-refractivity contribution in [3.63, 3.8) is 0 Å². The molecular weight excluding hydrogens is 164 g/mol. The highest BCUT2D eigenvalue weighted by atomic mass is 32.2. The van der Waals surface area contributed by atoms with Crippen LogP contribution < -0.4 is 8.92 Å². The maximum atomic E-state index is 8.38. The maximum Gasteiger partial charge on any atom is 0.222 e. The fourth-order valence-corrected chi connectivity index (χ4v) is 0.946. The van der Waals surface area contributed by atoms with Crippen LogP contribution in [0.4, 0.5) is 0 Å². The summed E-state index contributed by atoms with van der Waals surface area (Å²) in [4.78, 5) is 0. The van der Waals surface area contributed by atoms with Crippen LogP contribution in [-0.2, 0) is 0 Å². The Bertz CT molecular complexity index is 227. The van der Waals surface area contributed by atoms with Gasteiger partial charge in [0.2, 0.25) is 12.3 Å². The van der Waals surface area contributed by atoms with Crippen LogP contribution in [-0.4, -0.2) is 11.7 Å². The van der Waals surface area contributed by atoms with Crippen LogP contribution in [0.25, 0.3) is 0 Å². The third-order valence-corrected chi connectivity index (χ3v) is 1.45. The first-order chi connectivity index (χ1) is 5.38. The number of methoxy groups -OCH3 is 1. The Morgan fingerprint density at radius 1 is 1.27 bits per heavy atom. The zero-order valence-corrected chi connectivity index (χ0v) is 6.80. The Kier molecular flexibility index (Phi) is 3.07. The molecule has 0 atom stereocenters. The van der Waals surface area contributed by atoms with E-state index in [4.69, 9.17) is 13.5 Å². The predicted octanol–water partition coefficient (Wildman–Crippen LogP) is 2.20. The quantitative estimate of drug-likeness (QED) is 0.709. The van der Waals surface area contributed by atoms with E-state index in [1.165, 1.54) is 0 Å². The van der Waals surface area contributed by atoms with E-state index >= 15 is 0 Å². The van der Waals surface area contributed by atoms with Crippen LogP contribution in [0.15, 0.2) is 24.3 Å². The van der Waals surface area contributed by atoms with Crippen LogP contribution in [0.1, 0.15) is 0 Å². The van der Waals surface area contributed by atoms with E-state index in [0.717, 1.165) is 0 Å². The molecule has 11 heavy (non-hydrogen) atoms. The van der Waals surface area contributed by atoms with Gasteiger partial charge < -0.3 is 8.92 Å². The monoisotopic (exact) mass is 172 g/mol. The molecule has 0 aromatic heterocycles. The molecule has 1 aromatic carbocycles. The van der Waals surface area contributed by atoms with Gasteiger partial charge in [0.1, 0.15) is 0 Å². The van der Waals surface area contributed by atoms with Crippen molar-refractivity contribution < 1.29 is 13.5 Å². The van der Waals surface area contributed by atoms with Gasteiger partial charge in [-0.05, 0) is 12.1 Å². The summed E-state index contributed by atoms with van der Waals surface area (Å²) in [5.74, 6) is 1.12. The van der Waals surface area contributed by atoms with Gasteiger partial charge in [-0.25, -0.2) is 0 Å². The summed E-state index contributed by atoms with van der Waals surface area (Å²) in [5, 5.41) is 0. The summed E-state index contributed by atoms with van der Waals surface area (Å²) in [5.41, 5.74) is 0. The van der Waals surface area contributed by atoms with Gasteiger partial charge in [-0.15, -0.1) is 0 Å². The zero-order chi connectivity index (χ0) is 8.10.